The monoisotopic (exact) mass is 386 g/mol. The lowest BCUT2D eigenvalue weighted by Crippen LogP contribution is -2.34. The van der Waals surface area contributed by atoms with Crippen LogP contribution in [0, 0.1) is 5.82 Å². The van der Waals surface area contributed by atoms with Crippen molar-refractivity contribution in [1.29, 1.82) is 0 Å². The van der Waals surface area contributed by atoms with Gasteiger partial charge < -0.3 is 4.74 Å². The topological polar surface area (TPSA) is 47.0 Å². The predicted molar refractivity (Wildman–Crippen MR) is 112 cm³/mol. The van der Waals surface area contributed by atoms with Crippen molar-refractivity contribution < 1.29 is 9.13 Å². The van der Waals surface area contributed by atoms with E-state index in [4.69, 9.17) is 4.74 Å². The second-order valence-electron chi connectivity index (χ2n) is 6.58. The summed E-state index contributed by atoms with van der Waals surface area (Å²) in [6.45, 7) is 4.19. The minimum absolute atomic E-state index is 0.193. The van der Waals surface area contributed by atoms with Gasteiger partial charge in [0.1, 0.15) is 18.2 Å². The minimum Gasteiger partial charge on any atom is -0.488 e. The second-order valence-corrected chi connectivity index (χ2v) is 6.58. The zero-order valence-corrected chi connectivity index (χ0v) is 15.6. The van der Waals surface area contributed by atoms with Gasteiger partial charge in [-0.05, 0) is 42.0 Å². The van der Waals surface area contributed by atoms with Crippen molar-refractivity contribution >= 4 is 12.7 Å². The van der Waals surface area contributed by atoms with E-state index in [1.54, 1.807) is 18.2 Å². The number of hydrogen-bond donors (Lipinski definition) is 1. The number of aromatic nitrogens is 2. The zero-order chi connectivity index (χ0) is 20.2. The van der Waals surface area contributed by atoms with Crippen LogP contribution in [-0.2, 0) is 6.61 Å². The van der Waals surface area contributed by atoms with Crippen molar-refractivity contribution in [3.05, 3.63) is 117 Å². The highest BCUT2D eigenvalue weighted by Gasteiger charge is 2.07. The molecule has 3 aromatic carbocycles. The number of rotatable bonds is 5. The van der Waals surface area contributed by atoms with Crippen molar-refractivity contribution in [2.45, 2.75) is 6.61 Å². The number of halogens is 1. The highest BCUT2D eigenvalue weighted by atomic mass is 19.1. The quantitative estimate of drug-likeness (QED) is 0.573. The summed E-state index contributed by atoms with van der Waals surface area (Å²) in [4.78, 5) is 12.9. The van der Waals surface area contributed by atoms with Crippen LogP contribution in [0.4, 0.5) is 4.39 Å². The molecule has 4 aromatic rings. The van der Waals surface area contributed by atoms with Gasteiger partial charge in [0.25, 0.3) is 5.56 Å². The Balaban J connectivity index is 1.70. The molecule has 4 nitrogen and oxygen atoms in total. The highest BCUT2D eigenvalue weighted by Crippen LogP contribution is 2.20. The lowest BCUT2D eigenvalue weighted by Gasteiger charge is -2.09. The number of nitrogens with one attached hydrogen (secondary N) is 1. The van der Waals surface area contributed by atoms with Gasteiger partial charge in [-0.25, -0.2) is 9.07 Å². The third kappa shape index (κ3) is 4.04. The first-order chi connectivity index (χ1) is 14.1. The molecule has 0 aliphatic heterocycles. The summed E-state index contributed by atoms with van der Waals surface area (Å²) in [7, 11) is 0. The average Bonchev–Trinajstić information content (AvgIpc) is 3.02. The largest absolute Gasteiger partial charge is 0.488 e. The Morgan fingerprint density at radius 2 is 1.76 bits per heavy atom. The molecule has 4 rings (SSSR count). The molecule has 0 aliphatic carbocycles. The van der Waals surface area contributed by atoms with Gasteiger partial charge in [-0.15, -0.1) is 0 Å². The Morgan fingerprint density at radius 1 is 1.00 bits per heavy atom. The normalized spacial score (nSPS) is 11.6. The first kappa shape index (κ1) is 18.5. The molecule has 0 radical (unpaired) electrons. The maximum absolute atomic E-state index is 13.4. The molecule has 0 unspecified atom stereocenters. The van der Waals surface area contributed by atoms with Crippen LogP contribution in [0.3, 0.4) is 0 Å². The van der Waals surface area contributed by atoms with Crippen LogP contribution >= 0.6 is 0 Å². The molecule has 0 saturated carbocycles. The van der Waals surface area contributed by atoms with E-state index in [0.29, 0.717) is 16.3 Å². The molecule has 1 N–H and O–H groups in total. The SMILES string of the molecule is C=c1[nH]n(-c2ccccc2)c(=O)/c1=C\c1ccccc1OCc1cccc(F)c1. The molecular formula is C24H19FN2O2. The number of para-hydroxylation sites is 2. The van der Waals surface area contributed by atoms with Gasteiger partial charge in [-0.1, -0.05) is 55.1 Å². The average molecular weight is 386 g/mol. The van der Waals surface area contributed by atoms with Gasteiger partial charge in [-0.3, -0.25) is 9.89 Å². The van der Waals surface area contributed by atoms with Crippen LogP contribution < -0.4 is 20.9 Å². The Morgan fingerprint density at radius 3 is 2.55 bits per heavy atom. The maximum Gasteiger partial charge on any atom is 0.279 e. The van der Waals surface area contributed by atoms with Gasteiger partial charge in [-0.2, -0.15) is 0 Å². The van der Waals surface area contributed by atoms with Crippen LogP contribution in [0.15, 0.2) is 83.7 Å². The number of benzene rings is 3. The van der Waals surface area contributed by atoms with Gasteiger partial charge >= 0.3 is 0 Å². The van der Waals surface area contributed by atoms with Gasteiger partial charge in [0.05, 0.1) is 16.3 Å². The van der Waals surface area contributed by atoms with Crippen LogP contribution in [0.2, 0.25) is 0 Å². The van der Waals surface area contributed by atoms with Crippen molar-refractivity contribution in [1.82, 2.24) is 9.78 Å². The molecule has 0 atom stereocenters. The van der Waals surface area contributed by atoms with E-state index < -0.39 is 0 Å². The van der Waals surface area contributed by atoms with E-state index in [0.717, 1.165) is 16.8 Å². The maximum atomic E-state index is 13.4. The fourth-order valence-electron chi connectivity index (χ4n) is 3.08. The molecular weight excluding hydrogens is 367 g/mol. The molecule has 0 bridgehead atoms. The number of nitrogens with zero attached hydrogens (tertiary/aromatic N) is 1. The van der Waals surface area contributed by atoms with E-state index in [-0.39, 0.29) is 18.0 Å². The second kappa shape index (κ2) is 8.02. The summed E-state index contributed by atoms with van der Waals surface area (Å²) in [6, 6.07) is 23.0. The van der Waals surface area contributed by atoms with Gasteiger partial charge in [0.2, 0.25) is 0 Å². The summed E-state index contributed by atoms with van der Waals surface area (Å²) in [5.41, 5.74) is 2.01. The van der Waals surface area contributed by atoms with Crippen LogP contribution in [0.1, 0.15) is 11.1 Å². The third-order valence-corrected chi connectivity index (χ3v) is 4.52. The van der Waals surface area contributed by atoms with Gasteiger partial charge in [0, 0.05) is 5.56 Å². The van der Waals surface area contributed by atoms with Crippen LogP contribution in [0.25, 0.3) is 18.3 Å². The number of aromatic amines is 1. The van der Waals surface area contributed by atoms with E-state index in [2.05, 4.69) is 11.7 Å². The Bertz CT molecular complexity index is 1310. The molecule has 5 heteroatoms. The van der Waals surface area contributed by atoms with Gasteiger partial charge in [0.15, 0.2) is 0 Å². The first-order valence-electron chi connectivity index (χ1n) is 9.15. The Hall–Kier alpha value is -3.86. The predicted octanol–water partition coefficient (Wildman–Crippen LogP) is 3.12. The summed E-state index contributed by atoms with van der Waals surface area (Å²) in [5, 5.41) is 3.98. The van der Waals surface area contributed by atoms with E-state index >= 15 is 0 Å². The molecule has 0 amide bonds. The molecule has 1 heterocycles. The third-order valence-electron chi connectivity index (χ3n) is 4.52. The molecule has 0 aliphatic rings. The van der Waals surface area contributed by atoms with Crippen LogP contribution in [-0.4, -0.2) is 9.78 Å². The number of H-pyrrole nitrogens is 1. The summed E-state index contributed by atoms with van der Waals surface area (Å²) in [5.74, 6) is 0.296. The Labute approximate surface area is 166 Å². The number of hydrogen-bond acceptors (Lipinski definition) is 2. The summed E-state index contributed by atoms with van der Waals surface area (Å²) < 4.78 is 20.7. The molecule has 0 saturated heterocycles. The van der Waals surface area contributed by atoms with E-state index in [1.165, 1.54) is 16.8 Å². The fourth-order valence-corrected chi connectivity index (χ4v) is 3.08. The van der Waals surface area contributed by atoms with Crippen molar-refractivity contribution in [2.75, 3.05) is 0 Å². The highest BCUT2D eigenvalue weighted by molar-refractivity contribution is 5.57. The first-order valence-corrected chi connectivity index (χ1v) is 9.15. The lowest BCUT2D eigenvalue weighted by molar-refractivity contribution is 0.305. The van der Waals surface area contributed by atoms with E-state index in [1.807, 2.05) is 54.6 Å². The standard InChI is InChI=1S/C24H19FN2O2/c1-17-22(24(28)27(26-17)21-11-3-2-4-12-21)15-19-9-5-6-13-23(19)29-16-18-8-7-10-20(25)14-18/h2-15,26H,1,16H2/b22-15-. The van der Waals surface area contributed by atoms with Crippen molar-refractivity contribution in [2.24, 2.45) is 0 Å². The smallest absolute Gasteiger partial charge is 0.279 e. The van der Waals surface area contributed by atoms with E-state index in [9.17, 15) is 9.18 Å². The number of ether oxygens (including phenoxy) is 1. The minimum atomic E-state index is -0.304. The summed E-state index contributed by atoms with van der Waals surface area (Å²) >= 11 is 0. The molecule has 144 valence electrons. The molecule has 29 heavy (non-hydrogen) atoms. The van der Waals surface area contributed by atoms with Crippen molar-refractivity contribution in [3.63, 3.8) is 0 Å². The fraction of sp³-hybridized carbons (Fsp3) is 0.0417. The Kier molecular flexibility index (Phi) is 5.12. The van der Waals surface area contributed by atoms with Crippen LogP contribution in [0.5, 0.6) is 5.75 Å². The lowest BCUT2D eigenvalue weighted by atomic mass is 10.1. The molecule has 0 spiro atoms. The summed E-state index contributed by atoms with van der Waals surface area (Å²) in [6.07, 6.45) is 1.75. The molecule has 1 aromatic heterocycles. The zero-order valence-electron chi connectivity index (χ0n) is 15.6. The van der Waals surface area contributed by atoms with Crippen molar-refractivity contribution in [3.8, 4) is 11.4 Å². The molecule has 0 fully saturated rings.